The van der Waals surface area contributed by atoms with Crippen LogP contribution in [-0.4, -0.2) is 11.7 Å². The molecule has 0 unspecified atom stereocenters. The topological polar surface area (TPSA) is 41.5 Å². The first-order valence-corrected chi connectivity index (χ1v) is 5.82. The Morgan fingerprint density at radius 3 is 2.93 bits per heavy atom. The van der Waals surface area contributed by atoms with E-state index >= 15 is 0 Å². The molecule has 1 saturated heterocycles. The number of allylic oxidation sites excluding steroid dienone is 2. The minimum Gasteiger partial charge on any atom is -0.310 e. The summed E-state index contributed by atoms with van der Waals surface area (Å²) in [4.78, 5) is 15.5. The summed E-state index contributed by atoms with van der Waals surface area (Å²) in [5.41, 5.74) is 1.08. The Kier molecular flexibility index (Phi) is 4.75. The van der Waals surface area contributed by atoms with E-state index in [1.54, 1.807) is 6.20 Å². The number of hydrogen-bond acceptors (Lipinski definition) is 2. The highest BCUT2D eigenvalue weighted by Crippen LogP contribution is 2.20. The zero-order valence-corrected chi connectivity index (χ0v) is 10.6. The van der Waals surface area contributed by atoms with Gasteiger partial charge in [-0.05, 0) is 24.2 Å². The number of nitrogens with one attached hydrogen (secondary N) is 1. The van der Waals surface area contributed by atoms with Crippen molar-refractivity contribution in [1.29, 1.82) is 0 Å². The Labute approximate surface area is 98.5 Å². The van der Waals surface area contributed by atoms with Gasteiger partial charge in [-0.15, -0.1) is 0 Å². The lowest BCUT2D eigenvalue weighted by molar-refractivity contribution is -0.119. The van der Waals surface area contributed by atoms with Crippen LogP contribution in [-0.2, 0) is 4.79 Å². The molecule has 1 rings (SSSR count). The maximum absolute atomic E-state index is 11.2. The quantitative estimate of drug-likeness (QED) is 0.824. The molecule has 0 atom stereocenters. The third kappa shape index (κ3) is 3.63. The van der Waals surface area contributed by atoms with Crippen molar-refractivity contribution in [3.8, 4) is 0 Å². The van der Waals surface area contributed by atoms with E-state index < -0.39 is 0 Å². The molecule has 4 heteroatoms. The Balaban J connectivity index is 2.89. The number of rotatable bonds is 2. The van der Waals surface area contributed by atoms with Crippen LogP contribution in [0.5, 0.6) is 0 Å². The van der Waals surface area contributed by atoms with Gasteiger partial charge in [0.25, 0.3) is 0 Å². The first-order valence-electron chi connectivity index (χ1n) is 5.03. The van der Waals surface area contributed by atoms with Gasteiger partial charge in [-0.2, -0.15) is 0 Å². The van der Waals surface area contributed by atoms with Crippen molar-refractivity contribution in [3.05, 3.63) is 22.3 Å². The molecular formula is C11H15BrN2O. The number of carbonyl (C=O) groups is 1. The van der Waals surface area contributed by atoms with Crippen molar-refractivity contribution in [1.82, 2.24) is 5.32 Å². The number of piperidine rings is 1. The molecule has 1 aliphatic heterocycles. The Bertz CT molecular complexity index is 338. The Morgan fingerprint density at radius 2 is 2.33 bits per heavy atom. The summed E-state index contributed by atoms with van der Waals surface area (Å²) in [7, 11) is 0. The average Bonchev–Trinajstić information content (AvgIpc) is 2.18. The second-order valence-electron chi connectivity index (χ2n) is 3.33. The summed E-state index contributed by atoms with van der Waals surface area (Å²) in [5, 5.41) is 2.78. The molecule has 0 aromatic rings. The van der Waals surface area contributed by atoms with Crippen molar-refractivity contribution < 1.29 is 4.79 Å². The van der Waals surface area contributed by atoms with Crippen molar-refractivity contribution in [2.75, 3.05) is 0 Å². The van der Waals surface area contributed by atoms with Gasteiger partial charge in [0.15, 0.2) is 0 Å². The molecule has 0 radical (unpaired) electrons. The summed E-state index contributed by atoms with van der Waals surface area (Å²) < 4.78 is 1.03. The summed E-state index contributed by atoms with van der Waals surface area (Å²) in [5.74, 6) is 0.710. The maximum Gasteiger partial charge on any atom is 0.225 e. The molecule has 1 fully saturated rings. The number of amidine groups is 1. The molecule has 0 spiro atoms. The molecular weight excluding hydrogens is 256 g/mol. The smallest absolute Gasteiger partial charge is 0.225 e. The summed E-state index contributed by atoms with van der Waals surface area (Å²) >= 11 is 3.43. The van der Waals surface area contributed by atoms with E-state index in [0.29, 0.717) is 12.3 Å². The van der Waals surface area contributed by atoms with Gasteiger partial charge in [0, 0.05) is 18.2 Å². The predicted octanol–water partition coefficient (Wildman–Crippen LogP) is 2.89. The first kappa shape index (κ1) is 12.2. The highest BCUT2D eigenvalue weighted by molar-refractivity contribution is 9.11. The second-order valence-corrected chi connectivity index (χ2v) is 4.52. The minimum absolute atomic E-state index is 0.0381. The lowest BCUT2D eigenvalue weighted by atomic mass is 10.0. The second kappa shape index (κ2) is 5.85. The van der Waals surface area contributed by atoms with Crippen LogP contribution in [0.3, 0.4) is 0 Å². The molecule has 1 heterocycles. The lowest BCUT2D eigenvalue weighted by Gasteiger charge is -2.18. The molecule has 82 valence electrons. The summed E-state index contributed by atoms with van der Waals surface area (Å²) in [6, 6.07) is 0. The van der Waals surface area contributed by atoms with Crippen LogP contribution < -0.4 is 5.32 Å². The van der Waals surface area contributed by atoms with Crippen LogP contribution in [0.4, 0.5) is 0 Å². The Morgan fingerprint density at radius 1 is 1.60 bits per heavy atom. The number of carbonyl (C=O) groups excluding carboxylic acids is 1. The van der Waals surface area contributed by atoms with Gasteiger partial charge in [0.1, 0.15) is 5.84 Å². The number of hydrogen-bond donors (Lipinski definition) is 1. The predicted molar refractivity (Wildman–Crippen MR) is 65.9 cm³/mol. The van der Waals surface area contributed by atoms with E-state index in [1.807, 2.05) is 19.9 Å². The van der Waals surface area contributed by atoms with Gasteiger partial charge in [-0.3, -0.25) is 4.79 Å². The number of amides is 1. The third-order valence-corrected chi connectivity index (χ3v) is 2.58. The fraction of sp³-hybridized carbons (Fsp3) is 0.455. The van der Waals surface area contributed by atoms with Crippen LogP contribution in [0, 0.1) is 0 Å². The first-order chi connectivity index (χ1) is 7.15. The van der Waals surface area contributed by atoms with Crippen molar-refractivity contribution in [3.63, 3.8) is 0 Å². The van der Waals surface area contributed by atoms with Crippen LogP contribution >= 0.6 is 15.9 Å². The maximum atomic E-state index is 11.2. The lowest BCUT2D eigenvalue weighted by Crippen LogP contribution is -2.36. The van der Waals surface area contributed by atoms with Crippen LogP contribution in [0.15, 0.2) is 27.3 Å². The Hall–Kier alpha value is -0.900. The van der Waals surface area contributed by atoms with E-state index in [0.717, 1.165) is 22.9 Å². The fourth-order valence-electron chi connectivity index (χ4n) is 1.31. The summed E-state index contributed by atoms with van der Waals surface area (Å²) in [6.07, 6.45) is 5.92. The van der Waals surface area contributed by atoms with Crippen LogP contribution in [0.2, 0.25) is 0 Å². The van der Waals surface area contributed by atoms with E-state index in [1.165, 1.54) is 0 Å². The molecule has 1 N–H and O–H groups in total. The van der Waals surface area contributed by atoms with Crippen LogP contribution in [0.25, 0.3) is 0 Å². The monoisotopic (exact) mass is 270 g/mol. The van der Waals surface area contributed by atoms with E-state index in [4.69, 9.17) is 0 Å². The zero-order chi connectivity index (χ0) is 11.3. The van der Waals surface area contributed by atoms with Gasteiger partial charge < -0.3 is 5.32 Å². The molecule has 0 aromatic heterocycles. The van der Waals surface area contributed by atoms with Gasteiger partial charge in [0.05, 0.1) is 0 Å². The highest BCUT2D eigenvalue weighted by atomic mass is 79.9. The number of halogens is 1. The SMILES string of the molecule is CC/C=C/N=C1\NC(=O)CC\C1=C(\C)Br. The van der Waals surface area contributed by atoms with Crippen molar-refractivity contribution in [2.45, 2.75) is 33.1 Å². The molecule has 0 aromatic carbocycles. The van der Waals surface area contributed by atoms with Crippen molar-refractivity contribution >= 4 is 27.7 Å². The van der Waals surface area contributed by atoms with E-state index in [-0.39, 0.29) is 5.91 Å². The van der Waals surface area contributed by atoms with Gasteiger partial charge in [0.2, 0.25) is 5.91 Å². The number of nitrogens with zero attached hydrogens (tertiary/aromatic N) is 1. The zero-order valence-electron chi connectivity index (χ0n) is 9.01. The van der Waals surface area contributed by atoms with Gasteiger partial charge in [-0.25, -0.2) is 4.99 Å². The van der Waals surface area contributed by atoms with Crippen LogP contribution in [0.1, 0.15) is 33.1 Å². The molecule has 0 saturated carbocycles. The number of aliphatic imine (C=N–C) groups is 1. The molecule has 1 amide bonds. The average molecular weight is 271 g/mol. The summed E-state index contributed by atoms with van der Waals surface area (Å²) in [6.45, 7) is 4.01. The molecule has 0 bridgehead atoms. The normalized spacial score (nSPS) is 23.4. The third-order valence-electron chi connectivity index (χ3n) is 2.11. The molecule has 3 nitrogen and oxygen atoms in total. The minimum atomic E-state index is 0.0381. The van der Waals surface area contributed by atoms with E-state index in [9.17, 15) is 4.79 Å². The molecule has 1 aliphatic rings. The van der Waals surface area contributed by atoms with Gasteiger partial charge in [-0.1, -0.05) is 28.9 Å². The van der Waals surface area contributed by atoms with Crippen molar-refractivity contribution in [2.24, 2.45) is 4.99 Å². The molecule has 15 heavy (non-hydrogen) atoms. The fourth-order valence-corrected chi connectivity index (χ4v) is 1.69. The highest BCUT2D eigenvalue weighted by Gasteiger charge is 2.19. The van der Waals surface area contributed by atoms with E-state index in [2.05, 4.69) is 26.2 Å². The largest absolute Gasteiger partial charge is 0.310 e. The molecule has 0 aliphatic carbocycles. The van der Waals surface area contributed by atoms with Gasteiger partial charge >= 0.3 is 0 Å². The standard InChI is InChI=1S/C11H15BrN2O/c1-3-4-7-13-11-9(8(2)12)5-6-10(15)14-11/h4,7H,3,5-6H2,1-2H3,(H,13,14,15)/b7-4+,9-8+.